The van der Waals surface area contributed by atoms with E-state index in [2.05, 4.69) is 0 Å². The summed E-state index contributed by atoms with van der Waals surface area (Å²) in [5.74, 6) is 0.299. The highest BCUT2D eigenvalue weighted by Crippen LogP contribution is 2.34. The summed E-state index contributed by atoms with van der Waals surface area (Å²) >= 11 is 6.98. The van der Waals surface area contributed by atoms with Crippen LogP contribution in [0.3, 0.4) is 0 Å². The van der Waals surface area contributed by atoms with E-state index in [0.29, 0.717) is 22.4 Å². The Morgan fingerprint density at radius 3 is 2.73 bits per heavy atom. The van der Waals surface area contributed by atoms with E-state index in [0.717, 1.165) is 30.2 Å². The van der Waals surface area contributed by atoms with Gasteiger partial charge in [-0.05, 0) is 54.3 Å². The first-order valence-electron chi connectivity index (χ1n) is 7.64. The van der Waals surface area contributed by atoms with Crippen LogP contribution in [0.5, 0.6) is 0 Å². The van der Waals surface area contributed by atoms with Crippen LogP contribution in [-0.2, 0) is 4.79 Å². The Labute approximate surface area is 139 Å². The Bertz CT molecular complexity index is 623. The van der Waals surface area contributed by atoms with Crippen LogP contribution in [0.1, 0.15) is 37.7 Å². The zero-order valence-corrected chi connectivity index (χ0v) is 13.8. The summed E-state index contributed by atoms with van der Waals surface area (Å²) in [7, 11) is 0. The van der Waals surface area contributed by atoms with E-state index in [9.17, 15) is 9.59 Å². The maximum absolute atomic E-state index is 12.5. The number of benzene rings is 1. The first-order valence-corrected chi connectivity index (χ1v) is 8.84. The second-order valence-corrected chi connectivity index (χ2v) is 7.28. The quantitative estimate of drug-likeness (QED) is 0.733. The number of hydrogen-bond donors (Lipinski definition) is 0. The molecule has 1 saturated carbocycles. The van der Waals surface area contributed by atoms with Crippen molar-refractivity contribution in [1.29, 1.82) is 0 Å². The molecular formula is C17H18ClNO2S. The number of carbonyl (C=O) groups is 2. The number of amides is 2. The molecule has 2 fully saturated rings. The van der Waals surface area contributed by atoms with Gasteiger partial charge in [-0.1, -0.05) is 43.0 Å². The molecule has 5 heteroatoms. The first-order chi connectivity index (χ1) is 10.6. The Hall–Kier alpha value is -1.26. The highest BCUT2D eigenvalue weighted by molar-refractivity contribution is 8.18. The third kappa shape index (κ3) is 3.55. The largest absolute Gasteiger partial charge is 0.293 e. The van der Waals surface area contributed by atoms with Crippen molar-refractivity contribution in [2.75, 3.05) is 6.54 Å². The third-order valence-corrected chi connectivity index (χ3v) is 5.33. The van der Waals surface area contributed by atoms with Gasteiger partial charge >= 0.3 is 0 Å². The number of thioether (sulfide) groups is 1. The summed E-state index contributed by atoms with van der Waals surface area (Å²) in [5.41, 5.74) is 0.843. The van der Waals surface area contributed by atoms with Crippen LogP contribution >= 0.6 is 23.4 Å². The van der Waals surface area contributed by atoms with E-state index in [1.807, 2.05) is 12.1 Å². The zero-order chi connectivity index (χ0) is 15.5. The molecule has 1 heterocycles. The standard InChI is InChI=1S/C17H18ClNO2S/c18-14-8-4-7-13(9-14)10-15-16(20)19(17(21)22-15)11-12-5-2-1-3-6-12/h4,7-10,12H,1-3,5-6,11H2/b15-10+. The van der Waals surface area contributed by atoms with Crippen LogP contribution in [0.15, 0.2) is 29.2 Å². The molecule has 22 heavy (non-hydrogen) atoms. The van der Waals surface area contributed by atoms with Crippen LogP contribution < -0.4 is 0 Å². The van der Waals surface area contributed by atoms with Crippen LogP contribution in [0.25, 0.3) is 6.08 Å². The molecule has 3 nitrogen and oxygen atoms in total. The molecule has 1 aliphatic carbocycles. The zero-order valence-electron chi connectivity index (χ0n) is 12.3. The summed E-state index contributed by atoms with van der Waals surface area (Å²) in [6.45, 7) is 0.567. The second-order valence-electron chi connectivity index (χ2n) is 5.85. The number of halogens is 1. The second kappa shape index (κ2) is 6.88. The third-order valence-electron chi connectivity index (χ3n) is 4.19. The minimum atomic E-state index is -0.166. The van der Waals surface area contributed by atoms with Crippen molar-refractivity contribution in [2.45, 2.75) is 32.1 Å². The van der Waals surface area contributed by atoms with Gasteiger partial charge in [0.15, 0.2) is 0 Å². The molecule has 1 aliphatic heterocycles. The molecule has 0 N–H and O–H groups in total. The number of rotatable bonds is 3. The molecule has 3 rings (SSSR count). The van der Waals surface area contributed by atoms with Crippen molar-refractivity contribution >= 4 is 40.6 Å². The minimum Gasteiger partial charge on any atom is -0.268 e. The fourth-order valence-electron chi connectivity index (χ4n) is 3.03. The summed E-state index contributed by atoms with van der Waals surface area (Å²) < 4.78 is 0. The van der Waals surface area contributed by atoms with Crippen molar-refractivity contribution in [3.8, 4) is 0 Å². The van der Waals surface area contributed by atoms with Crippen molar-refractivity contribution < 1.29 is 9.59 Å². The predicted molar refractivity (Wildman–Crippen MR) is 90.7 cm³/mol. The van der Waals surface area contributed by atoms with Crippen molar-refractivity contribution in [1.82, 2.24) is 4.90 Å². The molecule has 2 aliphatic rings. The molecule has 0 atom stereocenters. The monoisotopic (exact) mass is 335 g/mol. The predicted octanol–water partition coefficient (Wildman–Crippen LogP) is 4.96. The van der Waals surface area contributed by atoms with E-state index in [1.54, 1.807) is 18.2 Å². The van der Waals surface area contributed by atoms with Gasteiger partial charge in [-0.25, -0.2) is 0 Å². The lowest BCUT2D eigenvalue weighted by atomic mass is 9.89. The van der Waals surface area contributed by atoms with E-state index in [-0.39, 0.29) is 11.1 Å². The van der Waals surface area contributed by atoms with Gasteiger partial charge in [0, 0.05) is 11.6 Å². The summed E-state index contributed by atoms with van der Waals surface area (Å²) in [6.07, 6.45) is 7.67. The maximum Gasteiger partial charge on any atom is 0.293 e. The molecule has 116 valence electrons. The molecular weight excluding hydrogens is 318 g/mol. The van der Waals surface area contributed by atoms with Crippen LogP contribution in [0.4, 0.5) is 4.79 Å². The molecule has 0 spiro atoms. The molecule has 1 aromatic rings. The van der Waals surface area contributed by atoms with Crippen LogP contribution in [-0.4, -0.2) is 22.6 Å². The molecule has 0 unspecified atom stereocenters. The van der Waals surface area contributed by atoms with Gasteiger partial charge in [0.05, 0.1) is 4.91 Å². The van der Waals surface area contributed by atoms with Gasteiger partial charge < -0.3 is 0 Å². The first kappa shape index (κ1) is 15.6. The van der Waals surface area contributed by atoms with Crippen molar-refractivity contribution in [2.24, 2.45) is 5.92 Å². The molecule has 2 amide bonds. The molecule has 1 saturated heterocycles. The highest BCUT2D eigenvalue weighted by Gasteiger charge is 2.36. The lowest BCUT2D eigenvalue weighted by molar-refractivity contribution is -0.123. The number of carbonyl (C=O) groups excluding carboxylic acids is 2. The lowest BCUT2D eigenvalue weighted by Crippen LogP contribution is -2.34. The van der Waals surface area contributed by atoms with Crippen LogP contribution in [0, 0.1) is 5.92 Å². The Morgan fingerprint density at radius 1 is 1.23 bits per heavy atom. The summed E-state index contributed by atoms with van der Waals surface area (Å²) in [4.78, 5) is 26.5. The van der Waals surface area contributed by atoms with E-state index in [4.69, 9.17) is 11.6 Å². The Kier molecular flexibility index (Phi) is 4.89. The SMILES string of the molecule is O=C1S/C(=C/c2cccc(Cl)c2)C(=O)N1CC1CCCCC1. The number of nitrogens with zero attached hydrogens (tertiary/aromatic N) is 1. The van der Waals surface area contributed by atoms with Crippen molar-refractivity contribution in [3.63, 3.8) is 0 Å². The number of hydrogen-bond acceptors (Lipinski definition) is 3. The highest BCUT2D eigenvalue weighted by atomic mass is 35.5. The Balaban J connectivity index is 1.73. The van der Waals surface area contributed by atoms with Gasteiger partial charge in [-0.3, -0.25) is 14.5 Å². The van der Waals surface area contributed by atoms with E-state index >= 15 is 0 Å². The average Bonchev–Trinajstić information content (AvgIpc) is 2.76. The van der Waals surface area contributed by atoms with E-state index in [1.165, 1.54) is 24.2 Å². The van der Waals surface area contributed by atoms with Crippen LogP contribution in [0.2, 0.25) is 5.02 Å². The van der Waals surface area contributed by atoms with Gasteiger partial charge in [0.2, 0.25) is 0 Å². The van der Waals surface area contributed by atoms with Gasteiger partial charge in [-0.2, -0.15) is 0 Å². The van der Waals surface area contributed by atoms with Crippen molar-refractivity contribution in [3.05, 3.63) is 39.8 Å². The molecule has 1 aromatic carbocycles. The smallest absolute Gasteiger partial charge is 0.268 e. The summed E-state index contributed by atoms with van der Waals surface area (Å²) in [5, 5.41) is 0.471. The molecule has 0 aromatic heterocycles. The number of imide groups is 1. The normalized spacial score (nSPS) is 21.9. The molecule has 0 radical (unpaired) electrons. The maximum atomic E-state index is 12.5. The Morgan fingerprint density at radius 2 is 2.00 bits per heavy atom. The van der Waals surface area contributed by atoms with Gasteiger partial charge in [0.1, 0.15) is 0 Å². The average molecular weight is 336 g/mol. The molecule has 0 bridgehead atoms. The lowest BCUT2D eigenvalue weighted by Gasteiger charge is -2.25. The van der Waals surface area contributed by atoms with Gasteiger partial charge in [0.25, 0.3) is 11.1 Å². The van der Waals surface area contributed by atoms with Gasteiger partial charge in [-0.15, -0.1) is 0 Å². The topological polar surface area (TPSA) is 37.4 Å². The minimum absolute atomic E-state index is 0.149. The summed E-state index contributed by atoms with van der Waals surface area (Å²) in [6, 6.07) is 7.28. The van der Waals surface area contributed by atoms with E-state index < -0.39 is 0 Å². The fraction of sp³-hybridized carbons (Fsp3) is 0.412. The fourth-order valence-corrected chi connectivity index (χ4v) is 4.08.